The molecule has 4 heteroatoms. The minimum absolute atomic E-state index is 0.0556. The van der Waals surface area contributed by atoms with E-state index in [1.165, 1.54) is 10.6 Å². The van der Waals surface area contributed by atoms with E-state index in [2.05, 4.69) is 0 Å². The standard InChI is InChI=1S/C9H8FNOS/c1-5-3-8-7(4-6(5)10)11(2)9(12)13-8/h3-4H,1-2H3. The van der Waals surface area contributed by atoms with E-state index in [0.29, 0.717) is 11.1 Å². The molecule has 0 spiro atoms. The number of hydrogen-bond donors (Lipinski definition) is 0. The van der Waals surface area contributed by atoms with Crippen LogP contribution in [-0.2, 0) is 7.05 Å². The smallest absolute Gasteiger partial charge is 0.302 e. The van der Waals surface area contributed by atoms with Gasteiger partial charge in [0, 0.05) is 7.05 Å². The van der Waals surface area contributed by atoms with Crippen molar-refractivity contribution < 1.29 is 4.39 Å². The average molecular weight is 197 g/mol. The molecule has 0 aliphatic carbocycles. The van der Waals surface area contributed by atoms with Gasteiger partial charge >= 0.3 is 4.87 Å². The fraction of sp³-hybridized carbons (Fsp3) is 0.222. The van der Waals surface area contributed by atoms with Crippen LogP contribution in [0.5, 0.6) is 0 Å². The van der Waals surface area contributed by atoms with Gasteiger partial charge in [0.15, 0.2) is 0 Å². The van der Waals surface area contributed by atoms with Crippen LogP contribution in [-0.4, -0.2) is 4.57 Å². The quantitative estimate of drug-likeness (QED) is 0.633. The number of halogens is 1. The Kier molecular flexibility index (Phi) is 1.73. The Morgan fingerprint density at radius 2 is 2.15 bits per heavy atom. The van der Waals surface area contributed by atoms with Crippen molar-refractivity contribution in [3.05, 3.63) is 33.2 Å². The topological polar surface area (TPSA) is 22.0 Å². The van der Waals surface area contributed by atoms with Crippen LogP contribution in [0.3, 0.4) is 0 Å². The van der Waals surface area contributed by atoms with Gasteiger partial charge in [0.05, 0.1) is 10.2 Å². The minimum Gasteiger partial charge on any atom is -0.302 e. The normalized spacial score (nSPS) is 11.0. The summed E-state index contributed by atoms with van der Waals surface area (Å²) in [5.41, 5.74) is 1.24. The number of nitrogens with zero attached hydrogens (tertiary/aromatic N) is 1. The summed E-state index contributed by atoms with van der Waals surface area (Å²) in [5, 5.41) is 0. The van der Waals surface area contributed by atoms with Crippen molar-refractivity contribution >= 4 is 21.6 Å². The summed E-state index contributed by atoms with van der Waals surface area (Å²) in [4.78, 5) is 11.2. The van der Waals surface area contributed by atoms with Gasteiger partial charge < -0.3 is 4.57 Å². The Hall–Kier alpha value is -1.16. The maximum absolute atomic E-state index is 13.1. The molecular formula is C9H8FNOS. The van der Waals surface area contributed by atoms with Gasteiger partial charge in [-0.3, -0.25) is 4.79 Å². The van der Waals surface area contributed by atoms with E-state index in [1.807, 2.05) is 0 Å². The van der Waals surface area contributed by atoms with Crippen molar-refractivity contribution in [1.29, 1.82) is 0 Å². The molecule has 0 amide bonds. The largest absolute Gasteiger partial charge is 0.307 e. The van der Waals surface area contributed by atoms with E-state index in [4.69, 9.17) is 0 Å². The van der Waals surface area contributed by atoms with E-state index in [9.17, 15) is 9.18 Å². The molecule has 2 aromatic rings. The van der Waals surface area contributed by atoms with Crippen LogP contribution in [0.25, 0.3) is 10.2 Å². The van der Waals surface area contributed by atoms with Crippen LogP contribution in [0, 0.1) is 12.7 Å². The molecule has 13 heavy (non-hydrogen) atoms. The van der Waals surface area contributed by atoms with E-state index in [0.717, 1.165) is 16.0 Å². The first-order valence-electron chi connectivity index (χ1n) is 3.85. The highest BCUT2D eigenvalue weighted by atomic mass is 32.1. The molecule has 0 bridgehead atoms. The molecule has 0 saturated carbocycles. The molecule has 2 nitrogen and oxygen atoms in total. The summed E-state index contributed by atoms with van der Waals surface area (Å²) in [6.07, 6.45) is 0. The number of fused-ring (bicyclic) bond motifs is 1. The van der Waals surface area contributed by atoms with Crippen molar-refractivity contribution in [1.82, 2.24) is 4.57 Å². The highest BCUT2D eigenvalue weighted by molar-refractivity contribution is 7.16. The predicted molar refractivity (Wildman–Crippen MR) is 51.8 cm³/mol. The third-order valence-electron chi connectivity index (χ3n) is 2.07. The van der Waals surface area contributed by atoms with Crippen LogP contribution in [0.4, 0.5) is 4.39 Å². The van der Waals surface area contributed by atoms with Crippen LogP contribution in [0.2, 0.25) is 0 Å². The fourth-order valence-corrected chi connectivity index (χ4v) is 2.21. The Labute approximate surface area is 78.2 Å². The van der Waals surface area contributed by atoms with Gasteiger partial charge in [-0.2, -0.15) is 0 Å². The Morgan fingerprint density at radius 3 is 2.85 bits per heavy atom. The van der Waals surface area contributed by atoms with E-state index >= 15 is 0 Å². The summed E-state index contributed by atoms with van der Waals surface area (Å²) in [5.74, 6) is -0.263. The lowest BCUT2D eigenvalue weighted by Crippen LogP contribution is -2.06. The first-order chi connectivity index (χ1) is 6.09. The third-order valence-corrected chi connectivity index (χ3v) is 3.07. The molecule has 1 aromatic carbocycles. The summed E-state index contributed by atoms with van der Waals surface area (Å²) in [7, 11) is 1.65. The van der Waals surface area contributed by atoms with Gasteiger partial charge in [0.25, 0.3) is 0 Å². The lowest BCUT2D eigenvalue weighted by atomic mass is 10.2. The highest BCUT2D eigenvalue weighted by Gasteiger charge is 2.06. The SMILES string of the molecule is Cc1cc2sc(=O)n(C)c2cc1F. The van der Waals surface area contributed by atoms with Crippen molar-refractivity contribution in [2.24, 2.45) is 7.05 Å². The number of hydrogen-bond acceptors (Lipinski definition) is 2. The van der Waals surface area contributed by atoms with Crippen LogP contribution in [0.1, 0.15) is 5.56 Å². The van der Waals surface area contributed by atoms with Crippen molar-refractivity contribution in [3.8, 4) is 0 Å². The zero-order chi connectivity index (χ0) is 9.59. The Balaban J connectivity index is 2.97. The number of rotatable bonds is 0. The maximum atomic E-state index is 13.1. The zero-order valence-electron chi connectivity index (χ0n) is 7.30. The molecule has 0 unspecified atom stereocenters. The zero-order valence-corrected chi connectivity index (χ0v) is 8.11. The molecule has 0 saturated heterocycles. The second kappa shape index (κ2) is 2.67. The second-order valence-electron chi connectivity index (χ2n) is 3.00. The monoisotopic (exact) mass is 197 g/mol. The van der Waals surface area contributed by atoms with E-state index < -0.39 is 0 Å². The van der Waals surface area contributed by atoms with Gasteiger partial charge in [-0.05, 0) is 24.6 Å². The minimum atomic E-state index is -0.263. The molecule has 68 valence electrons. The van der Waals surface area contributed by atoms with Crippen molar-refractivity contribution in [3.63, 3.8) is 0 Å². The third kappa shape index (κ3) is 1.18. The van der Waals surface area contributed by atoms with Gasteiger partial charge in [-0.25, -0.2) is 4.39 Å². The first-order valence-corrected chi connectivity index (χ1v) is 4.67. The Morgan fingerprint density at radius 1 is 1.46 bits per heavy atom. The van der Waals surface area contributed by atoms with Crippen LogP contribution in [0.15, 0.2) is 16.9 Å². The van der Waals surface area contributed by atoms with Gasteiger partial charge in [-0.15, -0.1) is 0 Å². The maximum Gasteiger partial charge on any atom is 0.307 e. The molecule has 0 aliphatic rings. The molecule has 0 atom stereocenters. The molecule has 1 heterocycles. The summed E-state index contributed by atoms with van der Waals surface area (Å²) in [6.45, 7) is 1.69. The molecule has 2 rings (SSSR count). The lowest BCUT2D eigenvalue weighted by Gasteiger charge is -1.97. The molecule has 0 N–H and O–H groups in total. The molecule has 0 aliphatic heterocycles. The lowest BCUT2D eigenvalue weighted by molar-refractivity contribution is 0.619. The number of aryl methyl sites for hydroxylation is 2. The van der Waals surface area contributed by atoms with Crippen molar-refractivity contribution in [2.75, 3.05) is 0 Å². The first kappa shape index (κ1) is 8.44. The number of aromatic nitrogens is 1. The summed E-state index contributed by atoms with van der Waals surface area (Å²) in [6, 6.07) is 3.11. The molecule has 0 fully saturated rings. The van der Waals surface area contributed by atoms with Crippen LogP contribution < -0.4 is 4.87 Å². The number of thiazole rings is 1. The van der Waals surface area contributed by atoms with E-state index in [-0.39, 0.29) is 10.7 Å². The summed E-state index contributed by atoms with van der Waals surface area (Å²) < 4.78 is 15.4. The molecule has 0 radical (unpaired) electrons. The van der Waals surface area contributed by atoms with Crippen molar-refractivity contribution in [2.45, 2.75) is 6.92 Å². The van der Waals surface area contributed by atoms with Gasteiger partial charge in [0.1, 0.15) is 5.82 Å². The molecular weight excluding hydrogens is 189 g/mol. The summed E-state index contributed by atoms with van der Waals surface area (Å²) >= 11 is 1.14. The number of benzene rings is 1. The molecule has 1 aromatic heterocycles. The average Bonchev–Trinajstić information content (AvgIpc) is 2.32. The van der Waals surface area contributed by atoms with E-state index in [1.54, 1.807) is 20.0 Å². The van der Waals surface area contributed by atoms with Crippen LogP contribution >= 0.6 is 11.3 Å². The predicted octanol–water partition coefficient (Wildman–Crippen LogP) is 2.05. The van der Waals surface area contributed by atoms with Gasteiger partial charge in [-0.1, -0.05) is 11.3 Å². The second-order valence-corrected chi connectivity index (χ2v) is 3.99. The highest BCUT2D eigenvalue weighted by Crippen LogP contribution is 2.20. The van der Waals surface area contributed by atoms with Gasteiger partial charge in [0.2, 0.25) is 0 Å². The Bertz CT molecular complexity index is 526. The fourth-order valence-electron chi connectivity index (χ4n) is 1.25.